The number of fused-ring (bicyclic) bond motifs is 1. The van der Waals surface area contributed by atoms with Crippen molar-refractivity contribution >= 4 is 38.5 Å². The zero-order valence-electron chi connectivity index (χ0n) is 14.1. The molecule has 0 fully saturated rings. The largest absolute Gasteiger partial charge is 0.447 e. The lowest BCUT2D eigenvalue weighted by Gasteiger charge is -2.14. The molecule has 0 aliphatic heterocycles. The number of rotatable bonds is 5. The second-order valence-electron chi connectivity index (χ2n) is 5.58. The maximum Gasteiger partial charge on any atom is 0.375 e. The highest BCUT2D eigenvalue weighted by Crippen LogP contribution is 2.22. The molecule has 3 N–H and O–H groups in total. The van der Waals surface area contributed by atoms with Gasteiger partial charge in [0.2, 0.25) is 10.9 Å². The van der Waals surface area contributed by atoms with E-state index in [0.29, 0.717) is 11.2 Å². The lowest BCUT2D eigenvalue weighted by molar-refractivity contribution is -0.123. The average Bonchev–Trinajstić information content (AvgIpc) is 3.12. The quantitative estimate of drug-likeness (QED) is 0.632. The first-order valence-corrected chi connectivity index (χ1v) is 9.28. The summed E-state index contributed by atoms with van der Waals surface area (Å²) in [6.07, 6.45) is 0.477. The Balaban J connectivity index is 1.70. The zero-order valence-corrected chi connectivity index (χ0v) is 14.9. The third-order valence-electron chi connectivity index (χ3n) is 3.62. The third-order valence-corrected chi connectivity index (χ3v) is 4.40. The summed E-state index contributed by atoms with van der Waals surface area (Å²) in [7, 11) is -4.08. The van der Waals surface area contributed by atoms with Gasteiger partial charge >= 0.3 is 5.97 Å². The predicted octanol–water partition coefficient (Wildman–Crippen LogP) is 1.66. The number of hydrogen-bond acceptors (Lipinski definition) is 7. The number of sulfonamides is 1. The van der Waals surface area contributed by atoms with Gasteiger partial charge in [0.1, 0.15) is 0 Å². The molecule has 1 aromatic carbocycles. The molecule has 1 unspecified atom stereocenters. The number of amides is 1. The summed E-state index contributed by atoms with van der Waals surface area (Å²) in [5.41, 5.74) is 1.22. The topological polar surface area (TPSA) is 142 Å². The second kappa shape index (κ2) is 7.17. The van der Waals surface area contributed by atoms with Crippen molar-refractivity contribution in [3.05, 3.63) is 54.4 Å². The van der Waals surface area contributed by atoms with Crippen LogP contribution >= 0.6 is 0 Å². The summed E-state index contributed by atoms with van der Waals surface area (Å²) in [4.78, 5) is 28.6. The number of esters is 1. The number of nitrogens with two attached hydrogens (primary N) is 1. The standard InChI is InChI=1S/C17H15N3O6S/c1-10(25-17(22)14-7-8-15(26-14)27(18,23)24)16(21)20-13-6-2-5-12-11(13)4-3-9-19-12/h2-10H,1H3,(H,20,21)(H2,18,23,24). The minimum atomic E-state index is -4.08. The Morgan fingerprint density at radius 3 is 2.67 bits per heavy atom. The molecular weight excluding hydrogens is 374 g/mol. The SMILES string of the molecule is CC(OC(=O)c1ccc(S(N)(=O)=O)o1)C(=O)Nc1cccc2ncccc12. The summed E-state index contributed by atoms with van der Waals surface area (Å²) in [6, 6.07) is 10.9. The Hall–Kier alpha value is -3.24. The van der Waals surface area contributed by atoms with Gasteiger partial charge in [0.15, 0.2) is 6.10 Å². The van der Waals surface area contributed by atoms with Crippen molar-refractivity contribution in [2.45, 2.75) is 18.1 Å². The molecule has 2 heterocycles. The number of hydrogen-bond donors (Lipinski definition) is 2. The van der Waals surface area contributed by atoms with E-state index in [1.165, 1.54) is 6.92 Å². The van der Waals surface area contributed by atoms with Crippen LogP contribution in [0.15, 0.2) is 58.2 Å². The molecule has 9 nitrogen and oxygen atoms in total. The van der Waals surface area contributed by atoms with E-state index in [4.69, 9.17) is 14.3 Å². The number of nitrogens with zero attached hydrogens (tertiary/aromatic N) is 1. The van der Waals surface area contributed by atoms with Crippen molar-refractivity contribution in [1.82, 2.24) is 4.98 Å². The van der Waals surface area contributed by atoms with Crippen molar-refractivity contribution in [3.63, 3.8) is 0 Å². The summed E-state index contributed by atoms with van der Waals surface area (Å²) in [6.45, 7) is 1.38. The Morgan fingerprint density at radius 2 is 1.96 bits per heavy atom. The number of carbonyl (C=O) groups is 2. The highest BCUT2D eigenvalue weighted by Gasteiger charge is 2.23. The zero-order chi connectivity index (χ0) is 19.6. The molecule has 3 rings (SSSR count). The molecule has 140 valence electrons. The number of nitrogens with one attached hydrogen (secondary N) is 1. The van der Waals surface area contributed by atoms with Crippen LogP contribution in [0.2, 0.25) is 0 Å². The molecule has 27 heavy (non-hydrogen) atoms. The Kier molecular flexibility index (Phi) is 4.93. The number of benzene rings is 1. The fraction of sp³-hybridized carbons (Fsp3) is 0.118. The van der Waals surface area contributed by atoms with Gasteiger partial charge in [0.25, 0.3) is 15.9 Å². The third kappa shape index (κ3) is 4.13. The monoisotopic (exact) mass is 389 g/mol. The van der Waals surface area contributed by atoms with Crippen LogP contribution in [0.5, 0.6) is 0 Å². The molecule has 0 bridgehead atoms. The van der Waals surface area contributed by atoms with Gasteiger partial charge in [0.05, 0.1) is 11.2 Å². The molecule has 3 aromatic rings. The van der Waals surface area contributed by atoms with Gasteiger partial charge in [-0.25, -0.2) is 18.4 Å². The molecule has 0 aliphatic rings. The fourth-order valence-corrected chi connectivity index (χ4v) is 2.77. The van der Waals surface area contributed by atoms with Gasteiger partial charge in [-0.1, -0.05) is 6.07 Å². The van der Waals surface area contributed by atoms with Crippen LogP contribution in [0.3, 0.4) is 0 Å². The highest BCUT2D eigenvalue weighted by atomic mass is 32.2. The Bertz CT molecular complexity index is 1120. The highest BCUT2D eigenvalue weighted by molar-refractivity contribution is 7.89. The Morgan fingerprint density at radius 1 is 1.19 bits per heavy atom. The van der Waals surface area contributed by atoms with Crippen LogP contribution in [-0.2, 0) is 19.6 Å². The summed E-state index contributed by atoms with van der Waals surface area (Å²) >= 11 is 0. The number of anilines is 1. The van der Waals surface area contributed by atoms with Gasteiger partial charge in [-0.3, -0.25) is 9.78 Å². The van der Waals surface area contributed by atoms with E-state index < -0.39 is 33.1 Å². The van der Waals surface area contributed by atoms with E-state index in [-0.39, 0.29) is 5.76 Å². The van der Waals surface area contributed by atoms with Crippen molar-refractivity contribution < 1.29 is 27.2 Å². The van der Waals surface area contributed by atoms with E-state index in [1.807, 2.05) is 0 Å². The predicted molar refractivity (Wildman–Crippen MR) is 95.3 cm³/mol. The summed E-state index contributed by atoms with van der Waals surface area (Å²) < 4.78 is 32.2. The van der Waals surface area contributed by atoms with E-state index in [0.717, 1.165) is 17.5 Å². The number of furan rings is 1. The second-order valence-corrected chi connectivity index (χ2v) is 7.07. The van der Waals surface area contributed by atoms with Crippen LogP contribution in [0.4, 0.5) is 5.69 Å². The lowest BCUT2D eigenvalue weighted by Crippen LogP contribution is -2.30. The van der Waals surface area contributed by atoms with Gasteiger partial charge in [0, 0.05) is 11.6 Å². The molecule has 1 atom stereocenters. The fourth-order valence-electron chi connectivity index (χ4n) is 2.30. The van der Waals surface area contributed by atoms with Crippen molar-refractivity contribution in [2.75, 3.05) is 5.32 Å². The molecule has 0 spiro atoms. The van der Waals surface area contributed by atoms with Crippen molar-refractivity contribution in [3.8, 4) is 0 Å². The maximum absolute atomic E-state index is 12.3. The van der Waals surface area contributed by atoms with Crippen LogP contribution < -0.4 is 10.5 Å². The van der Waals surface area contributed by atoms with Gasteiger partial charge in [-0.05, 0) is 43.3 Å². The molecule has 0 radical (unpaired) electrons. The number of ether oxygens (including phenoxy) is 1. The number of pyridine rings is 1. The Labute approximate surface area is 154 Å². The molecular formula is C17H15N3O6S. The maximum atomic E-state index is 12.3. The average molecular weight is 389 g/mol. The summed E-state index contributed by atoms with van der Waals surface area (Å²) in [5.74, 6) is -1.95. The molecule has 0 aliphatic carbocycles. The van der Waals surface area contributed by atoms with Gasteiger partial charge < -0.3 is 14.5 Å². The first-order valence-electron chi connectivity index (χ1n) is 7.74. The van der Waals surface area contributed by atoms with Crippen molar-refractivity contribution in [2.24, 2.45) is 5.14 Å². The van der Waals surface area contributed by atoms with E-state index in [9.17, 15) is 18.0 Å². The van der Waals surface area contributed by atoms with Gasteiger partial charge in [-0.15, -0.1) is 0 Å². The first-order chi connectivity index (χ1) is 12.8. The van der Waals surface area contributed by atoms with Gasteiger partial charge in [-0.2, -0.15) is 0 Å². The minimum Gasteiger partial charge on any atom is -0.447 e. The smallest absolute Gasteiger partial charge is 0.375 e. The van der Waals surface area contributed by atoms with E-state index >= 15 is 0 Å². The number of primary sulfonamides is 1. The molecule has 0 saturated carbocycles. The van der Waals surface area contributed by atoms with Crippen LogP contribution in [0, 0.1) is 0 Å². The molecule has 2 aromatic heterocycles. The normalized spacial score (nSPS) is 12.5. The minimum absolute atomic E-state index is 0.381. The van der Waals surface area contributed by atoms with Crippen LogP contribution in [0.1, 0.15) is 17.5 Å². The van der Waals surface area contributed by atoms with Crippen LogP contribution in [-0.4, -0.2) is 31.4 Å². The first kappa shape index (κ1) is 18.5. The molecule has 0 saturated heterocycles. The van der Waals surface area contributed by atoms with E-state index in [2.05, 4.69) is 10.3 Å². The molecule has 1 amide bonds. The van der Waals surface area contributed by atoms with Crippen molar-refractivity contribution in [1.29, 1.82) is 0 Å². The lowest BCUT2D eigenvalue weighted by atomic mass is 10.2. The van der Waals surface area contributed by atoms with E-state index in [1.54, 1.807) is 36.5 Å². The number of carbonyl (C=O) groups excluding carboxylic acids is 2. The molecule has 10 heteroatoms. The van der Waals surface area contributed by atoms with Crippen LogP contribution in [0.25, 0.3) is 10.9 Å². The summed E-state index contributed by atoms with van der Waals surface area (Å²) in [5, 5.41) is 7.73. The number of aromatic nitrogens is 1.